The molecule has 1 aromatic carbocycles. The summed E-state index contributed by atoms with van der Waals surface area (Å²) < 4.78 is 0.988. The van der Waals surface area contributed by atoms with Crippen molar-refractivity contribution in [2.24, 2.45) is 0 Å². The average molecular weight is 340 g/mol. The van der Waals surface area contributed by atoms with Crippen LogP contribution >= 0.6 is 15.9 Å². The van der Waals surface area contributed by atoms with Crippen molar-refractivity contribution in [1.82, 2.24) is 15.1 Å². The lowest BCUT2D eigenvalue weighted by atomic mass is 10.2. The van der Waals surface area contributed by atoms with Gasteiger partial charge in [0.1, 0.15) is 0 Å². The summed E-state index contributed by atoms with van der Waals surface area (Å²) >= 11 is 3.46. The Balaban J connectivity index is 1.82. The lowest BCUT2D eigenvalue weighted by Gasteiger charge is -2.34. The maximum atomic E-state index is 12.1. The van der Waals surface area contributed by atoms with E-state index in [-0.39, 0.29) is 11.9 Å². The monoisotopic (exact) mass is 339 g/mol. The van der Waals surface area contributed by atoms with Crippen molar-refractivity contribution in [3.63, 3.8) is 0 Å². The van der Waals surface area contributed by atoms with Gasteiger partial charge < -0.3 is 15.1 Å². The molecule has 0 spiro atoms. The molecular formula is C14H18BrN3O2. The standard InChI is InChI=1S/C14H18BrN3O2/c1-11(19)17-6-8-18(9-7-17)14(20)16-10-12-4-2-3-5-13(12)15/h2-5H,6-10H2,1H3,(H,16,20). The van der Waals surface area contributed by atoms with Gasteiger partial charge in [-0.3, -0.25) is 4.79 Å². The topological polar surface area (TPSA) is 52.7 Å². The minimum atomic E-state index is -0.0797. The molecule has 1 heterocycles. The molecule has 5 nitrogen and oxygen atoms in total. The van der Waals surface area contributed by atoms with Gasteiger partial charge in [-0.1, -0.05) is 34.1 Å². The lowest BCUT2D eigenvalue weighted by molar-refractivity contribution is -0.130. The maximum absolute atomic E-state index is 12.1. The second-order valence-electron chi connectivity index (χ2n) is 4.74. The molecule has 1 aromatic rings. The highest BCUT2D eigenvalue weighted by Gasteiger charge is 2.21. The molecule has 20 heavy (non-hydrogen) atoms. The summed E-state index contributed by atoms with van der Waals surface area (Å²) in [7, 11) is 0. The molecule has 1 N–H and O–H groups in total. The Kier molecular flexibility index (Phi) is 5.00. The van der Waals surface area contributed by atoms with Gasteiger partial charge in [0.15, 0.2) is 0 Å². The first-order valence-corrected chi connectivity index (χ1v) is 7.39. The van der Waals surface area contributed by atoms with Crippen molar-refractivity contribution in [3.05, 3.63) is 34.3 Å². The van der Waals surface area contributed by atoms with Crippen molar-refractivity contribution in [1.29, 1.82) is 0 Å². The number of amides is 3. The molecule has 0 unspecified atom stereocenters. The predicted octanol–water partition coefficient (Wildman–Crippen LogP) is 1.82. The minimum Gasteiger partial charge on any atom is -0.339 e. The number of hydrogen-bond donors (Lipinski definition) is 1. The number of carbonyl (C=O) groups excluding carboxylic acids is 2. The molecule has 108 valence electrons. The van der Waals surface area contributed by atoms with Gasteiger partial charge in [-0.25, -0.2) is 4.79 Å². The fourth-order valence-electron chi connectivity index (χ4n) is 2.15. The SMILES string of the molecule is CC(=O)N1CCN(C(=O)NCc2ccccc2Br)CC1. The molecule has 0 bridgehead atoms. The number of piperazine rings is 1. The van der Waals surface area contributed by atoms with Crippen LogP contribution in [0.25, 0.3) is 0 Å². The number of benzene rings is 1. The number of nitrogens with one attached hydrogen (secondary N) is 1. The molecule has 1 fully saturated rings. The Labute approximate surface area is 127 Å². The highest BCUT2D eigenvalue weighted by atomic mass is 79.9. The number of halogens is 1. The van der Waals surface area contributed by atoms with E-state index in [1.165, 1.54) is 0 Å². The number of carbonyl (C=O) groups is 2. The normalized spacial score (nSPS) is 15.1. The quantitative estimate of drug-likeness (QED) is 0.893. The van der Waals surface area contributed by atoms with E-state index in [2.05, 4.69) is 21.2 Å². The second kappa shape index (κ2) is 6.74. The predicted molar refractivity (Wildman–Crippen MR) is 80.2 cm³/mol. The van der Waals surface area contributed by atoms with Gasteiger partial charge in [-0.2, -0.15) is 0 Å². The van der Waals surface area contributed by atoms with Gasteiger partial charge in [-0.05, 0) is 11.6 Å². The Morgan fingerprint density at radius 1 is 1.15 bits per heavy atom. The first-order chi connectivity index (χ1) is 9.58. The third-order valence-electron chi connectivity index (χ3n) is 3.40. The van der Waals surface area contributed by atoms with Crippen LogP contribution in [0.5, 0.6) is 0 Å². The Bertz CT molecular complexity index is 499. The van der Waals surface area contributed by atoms with E-state index in [9.17, 15) is 9.59 Å². The van der Waals surface area contributed by atoms with E-state index < -0.39 is 0 Å². The first-order valence-electron chi connectivity index (χ1n) is 6.59. The summed E-state index contributed by atoms with van der Waals surface area (Å²) in [5.74, 6) is 0.0678. The number of nitrogens with zero attached hydrogens (tertiary/aromatic N) is 2. The summed E-state index contributed by atoms with van der Waals surface area (Å²) in [6.45, 7) is 4.44. The van der Waals surface area contributed by atoms with Crippen molar-refractivity contribution < 1.29 is 9.59 Å². The summed E-state index contributed by atoms with van der Waals surface area (Å²) in [4.78, 5) is 26.8. The summed E-state index contributed by atoms with van der Waals surface area (Å²) in [5.41, 5.74) is 1.04. The zero-order chi connectivity index (χ0) is 14.5. The lowest BCUT2D eigenvalue weighted by Crippen LogP contribution is -2.52. The Hall–Kier alpha value is -1.56. The van der Waals surface area contributed by atoms with Crippen LogP contribution in [-0.2, 0) is 11.3 Å². The average Bonchev–Trinajstić information content (AvgIpc) is 2.46. The molecule has 6 heteroatoms. The maximum Gasteiger partial charge on any atom is 0.317 e. The van der Waals surface area contributed by atoms with E-state index in [4.69, 9.17) is 0 Å². The van der Waals surface area contributed by atoms with Crippen LogP contribution in [0.2, 0.25) is 0 Å². The third kappa shape index (κ3) is 3.72. The number of hydrogen-bond acceptors (Lipinski definition) is 2. The van der Waals surface area contributed by atoms with Crippen LogP contribution in [0.1, 0.15) is 12.5 Å². The summed E-state index contributed by atoms with van der Waals surface area (Å²) in [5, 5.41) is 2.91. The molecule has 1 aliphatic heterocycles. The molecule has 0 saturated carbocycles. The smallest absolute Gasteiger partial charge is 0.317 e. The Morgan fingerprint density at radius 2 is 1.75 bits per heavy atom. The number of rotatable bonds is 2. The van der Waals surface area contributed by atoms with Gasteiger partial charge in [0, 0.05) is 44.1 Å². The third-order valence-corrected chi connectivity index (χ3v) is 4.17. The van der Waals surface area contributed by atoms with E-state index >= 15 is 0 Å². The van der Waals surface area contributed by atoms with Crippen LogP contribution in [0, 0.1) is 0 Å². The van der Waals surface area contributed by atoms with Crippen LogP contribution < -0.4 is 5.32 Å². The van der Waals surface area contributed by atoms with Gasteiger partial charge in [0.05, 0.1) is 0 Å². The molecule has 3 amide bonds. The van der Waals surface area contributed by atoms with Crippen LogP contribution in [0.3, 0.4) is 0 Å². The zero-order valence-corrected chi connectivity index (χ0v) is 13.0. The fraction of sp³-hybridized carbons (Fsp3) is 0.429. The van der Waals surface area contributed by atoms with Crippen LogP contribution in [0.4, 0.5) is 4.79 Å². The van der Waals surface area contributed by atoms with E-state index in [0.717, 1.165) is 10.0 Å². The van der Waals surface area contributed by atoms with Gasteiger partial charge >= 0.3 is 6.03 Å². The highest BCUT2D eigenvalue weighted by Crippen LogP contribution is 2.15. The van der Waals surface area contributed by atoms with Crippen LogP contribution in [-0.4, -0.2) is 47.9 Å². The largest absolute Gasteiger partial charge is 0.339 e. The van der Waals surface area contributed by atoms with Crippen LogP contribution in [0.15, 0.2) is 28.7 Å². The van der Waals surface area contributed by atoms with Crippen molar-refractivity contribution in [2.75, 3.05) is 26.2 Å². The second-order valence-corrected chi connectivity index (χ2v) is 5.60. The van der Waals surface area contributed by atoms with Gasteiger partial charge in [0.2, 0.25) is 5.91 Å². The highest BCUT2D eigenvalue weighted by molar-refractivity contribution is 9.10. The minimum absolute atomic E-state index is 0.0678. The van der Waals surface area contributed by atoms with Gasteiger partial charge in [-0.15, -0.1) is 0 Å². The molecule has 1 aliphatic rings. The van der Waals surface area contributed by atoms with E-state index in [0.29, 0.717) is 32.7 Å². The molecule has 0 aromatic heterocycles. The molecular weight excluding hydrogens is 322 g/mol. The first kappa shape index (κ1) is 14.8. The van der Waals surface area contributed by atoms with Crippen molar-refractivity contribution in [3.8, 4) is 0 Å². The summed E-state index contributed by atoms with van der Waals surface area (Å²) in [6, 6.07) is 7.73. The molecule has 1 saturated heterocycles. The molecule has 0 radical (unpaired) electrons. The van der Waals surface area contributed by atoms with E-state index in [1.54, 1.807) is 16.7 Å². The Morgan fingerprint density at radius 3 is 2.35 bits per heavy atom. The fourth-order valence-corrected chi connectivity index (χ4v) is 2.57. The van der Waals surface area contributed by atoms with Crippen molar-refractivity contribution >= 4 is 27.9 Å². The number of urea groups is 1. The van der Waals surface area contributed by atoms with Crippen molar-refractivity contribution in [2.45, 2.75) is 13.5 Å². The summed E-state index contributed by atoms with van der Waals surface area (Å²) in [6.07, 6.45) is 0. The van der Waals surface area contributed by atoms with Gasteiger partial charge in [0.25, 0.3) is 0 Å². The van der Waals surface area contributed by atoms with E-state index in [1.807, 2.05) is 24.3 Å². The molecule has 2 rings (SSSR count). The molecule has 0 aliphatic carbocycles. The zero-order valence-electron chi connectivity index (χ0n) is 11.4. The molecule has 0 atom stereocenters.